The molecular formula is C19H21ClN6O2S. The van der Waals surface area contributed by atoms with Gasteiger partial charge < -0.3 is 20.7 Å². The molecule has 1 saturated heterocycles. The maximum Gasteiger partial charge on any atom is 0.260 e. The minimum Gasteiger partial charge on any atom is -0.379 e. The van der Waals surface area contributed by atoms with Gasteiger partial charge >= 0.3 is 0 Å². The maximum atomic E-state index is 11.4. The zero-order valence-corrected chi connectivity index (χ0v) is 17.4. The number of nitrogens with zero attached hydrogens (tertiary/aromatic N) is 4. The van der Waals surface area contributed by atoms with Crippen molar-refractivity contribution in [1.29, 1.82) is 0 Å². The second-order valence-electron chi connectivity index (χ2n) is 6.67. The van der Waals surface area contributed by atoms with Crippen molar-refractivity contribution < 1.29 is 9.53 Å². The molecule has 0 saturated carbocycles. The van der Waals surface area contributed by atoms with Crippen LogP contribution < -0.4 is 16.0 Å². The number of nitrogens with one attached hydrogen (secondary N) is 1. The summed E-state index contributed by atoms with van der Waals surface area (Å²) in [4.78, 5) is 25.0. The zero-order chi connectivity index (χ0) is 20.4. The molecule has 3 N–H and O–H groups in total. The number of thiazole rings is 1. The number of hydrogen-bond donors (Lipinski definition) is 2. The Bertz CT molecular complexity index is 949. The summed E-state index contributed by atoms with van der Waals surface area (Å²) in [5.41, 5.74) is 7.34. The summed E-state index contributed by atoms with van der Waals surface area (Å²) >= 11 is 7.77. The minimum atomic E-state index is -0.501. The third kappa shape index (κ3) is 4.13. The van der Waals surface area contributed by atoms with E-state index in [0.717, 1.165) is 24.3 Å². The molecule has 0 radical (unpaired) electrons. The lowest BCUT2D eigenvalue weighted by Gasteiger charge is -2.43. The van der Waals surface area contributed by atoms with E-state index in [0.29, 0.717) is 34.1 Å². The first kappa shape index (κ1) is 19.8. The van der Waals surface area contributed by atoms with Crippen molar-refractivity contribution in [2.45, 2.75) is 13.1 Å². The number of nitrogens with two attached hydrogens (primary N) is 1. The first-order valence-corrected chi connectivity index (χ1v) is 10.4. The second kappa shape index (κ2) is 8.50. The summed E-state index contributed by atoms with van der Waals surface area (Å²) in [6.07, 6.45) is 4.90. The highest BCUT2D eigenvalue weighted by atomic mass is 35.5. The summed E-state index contributed by atoms with van der Waals surface area (Å²) in [6, 6.07) is 5.85. The predicted octanol–water partition coefficient (Wildman–Crippen LogP) is 2.66. The number of para-hydroxylation sites is 1. The first-order valence-electron chi connectivity index (χ1n) is 9.17. The van der Waals surface area contributed by atoms with Crippen LogP contribution in [-0.2, 0) is 4.74 Å². The monoisotopic (exact) mass is 432 g/mol. The molecule has 1 fully saturated rings. The van der Waals surface area contributed by atoms with Gasteiger partial charge in [-0.2, -0.15) is 0 Å². The van der Waals surface area contributed by atoms with Gasteiger partial charge in [0.15, 0.2) is 5.13 Å². The molecule has 0 spiro atoms. The molecule has 29 heavy (non-hydrogen) atoms. The van der Waals surface area contributed by atoms with E-state index in [1.165, 1.54) is 17.5 Å². The van der Waals surface area contributed by atoms with E-state index in [9.17, 15) is 4.79 Å². The van der Waals surface area contributed by atoms with Gasteiger partial charge in [0.1, 0.15) is 16.9 Å². The van der Waals surface area contributed by atoms with Gasteiger partial charge in [-0.3, -0.25) is 9.69 Å². The van der Waals surface area contributed by atoms with Crippen molar-refractivity contribution in [3.8, 4) is 0 Å². The number of anilines is 2. The van der Waals surface area contributed by atoms with Gasteiger partial charge in [0.25, 0.3) is 5.91 Å². The van der Waals surface area contributed by atoms with Crippen molar-refractivity contribution in [1.82, 2.24) is 9.88 Å². The van der Waals surface area contributed by atoms with Gasteiger partial charge in [0.2, 0.25) is 0 Å². The van der Waals surface area contributed by atoms with Crippen LogP contribution in [0.15, 0.2) is 41.8 Å². The molecule has 152 valence electrons. The maximum absolute atomic E-state index is 11.4. The Kier molecular flexibility index (Phi) is 5.81. The van der Waals surface area contributed by atoms with E-state index in [1.54, 1.807) is 6.20 Å². The average Bonchev–Trinajstić information content (AvgIpc) is 3.18. The number of aromatic nitrogens is 1. The van der Waals surface area contributed by atoms with E-state index in [4.69, 9.17) is 22.1 Å². The van der Waals surface area contributed by atoms with Crippen LogP contribution in [0.1, 0.15) is 15.2 Å². The molecule has 1 unspecified atom stereocenters. The summed E-state index contributed by atoms with van der Waals surface area (Å²) in [7, 11) is 0. The summed E-state index contributed by atoms with van der Waals surface area (Å²) in [5, 5.41) is 4.50. The van der Waals surface area contributed by atoms with Gasteiger partial charge in [-0.25, -0.2) is 9.98 Å². The number of amidine groups is 1. The van der Waals surface area contributed by atoms with Crippen molar-refractivity contribution >= 4 is 45.5 Å². The van der Waals surface area contributed by atoms with E-state index in [-0.39, 0.29) is 6.17 Å². The Labute approximate surface area is 177 Å². The van der Waals surface area contributed by atoms with E-state index < -0.39 is 5.91 Å². The Hall–Kier alpha value is -2.46. The van der Waals surface area contributed by atoms with Crippen molar-refractivity contribution in [2.24, 2.45) is 10.7 Å². The molecule has 1 aromatic heterocycles. The lowest BCUT2D eigenvalue weighted by molar-refractivity contribution is 0.0296. The molecule has 2 aliphatic heterocycles. The number of aryl methyl sites for hydroxylation is 1. The predicted molar refractivity (Wildman–Crippen MR) is 116 cm³/mol. The molecule has 1 atom stereocenters. The van der Waals surface area contributed by atoms with Crippen LogP contribution >= 0.6 is 22.9 Å². The fourth-order valence-electron chi connectivity index (χ4n) is 3.44. The quantitative estimate of drug-likeness (QED) is 0.771. The number of aliphatic imine (C=N–C) groups is 1. The summed E-state index contributed by atoms with van der Waals surface area (Å²) in [5.74, 6) is 0.193. The molecule has 2 aliphatic rings. The molecule has 3 heterocycles. The van der Waals surface area contributed by atoms with E-state index in [1.807, 2.05) is 31.3 Å². The number of ether oxygens (including phenoxy) is 1. The Balaban J connectivity index is 1.70. The lowest BCUT2D eigenvalue weighted by atomic mass is 10.1. The zero-order valence-electron chi connectivity index (χ0n) is 15.8. The lowest BCUT2D eigenvalue weighted by Crippen LogP contribution is -2.57. The van der Waals surface area contributed by atoms with E-state index in [2.05, 4.69) is 25.1 Å². The van der Waals surface area contributed by atoms with Crippen LogP contribution in [0.4, 0.5) is 10.8 Å². The van der Waals surface area contributed by atoms with Crippen molar-refractivity contribution in [3.63, 3.8) is 0 Å². The molecule has 0 bridgehead atoms. The van der Waals surface area contributed by atoms with Gasteiger partial charge in [-0.1, -0.05) is 35.1 Å². The number of primary amides is 1. The molecule has 1 aromatic carbocycles. The SMILES string of the molecule is Cc1cccc(Cl)c1N1C=CN=C(Nc2ncc(C(N)=O)s2)C1N1CCOCC1. The van der Waals surface area contributed by atoms with Crippen LogP contribution in [0.2, 0.25) is 5.02 Å². The summed E-state index contributed by atoms with van der Waals surface area (Å²) in [6.45, 7) is 4.83. The Morgan fingerprint density at radius 3 is 2.86 bits per heavy atom. The number of amides is 1. The molecular weight excluding hydrogens is 412 g/mol. The van der Waals surface area contributed by atoms with Crippen molar-refractivity contribution in [3.05, 3.63) is 52.3 Å². The van der Waals surface area contributed by atoms with Gasteiger partial charge in [0.05, 0.1) is 30.1 Å². The highest BCUT2D eigenvalue weighted by Gasteiger charge is 2.34. The van der Waals surface area contributed by atoms with Gasteiger partial charge in [-0.15, -0.1) is 0 Å². The molecule has 10 heteroatoms. The number of hydrogen-bond acceptors (Lipinski definition) is 8. The summed E-state index contributed by atoms with van der Waals surface area (Å²) < 4.78 is 5.54. The smallest absolute Gasteiger partial charge is 0.260 e. The third-order valence-corrected chi connectivity index (χ3v) is 6.00. The highest BCUT2D eigenvalue weighted by molar-refractivity contribution is 7.17. The second-order valence-corrected chi connectivity index (χ2v) is 8.10. The van der Waals surface area contributed by atoms with Crippen LogP contribution in [0, 0.1) is 6.92 Å². The van der Waals surface area contributed by atoms with Crippen LogP contribution in [0.5, 0.6) is 0 Å². The van der Waals surface area contributed by atoms with Crippen molar-refractivity contribution in [2.75, 3.05) is 36.5 Å². The normalized spacial score (nSPS) is 19.9. The number of benzene rings is 1. The molecule has 0 aliphatic carbocycles. The minimum absolute atomic E-state index is 0.219. The fraction of sp³-hybridized carbons (Fsp3) is 0.316. The first-order chi connectivity index (χ1) is 14.0. The highest BCUT2D eigenvalue weighted by Crippen LogP contribution is 2.34. The number of halogens is 1. The molecule has 1 amide bonds. The number of rotatable bonds is 4. The largest absolute Gasteiger partial charge is 0.379 e. The van der Waals surface area contributed by atoms with Gasteiger partial charge in [0, 0.05) is 25.5 Å². The van der Waals surface area contributed by atoms with Crippen LogP contribution in [0.25, 0.3) is 0 Å². The molecule has 8 nitrogen and oxygen atoms in total. The average molecular weight is 433 g/mol. The number of carbonyl (C=O) groups excluding carboxylic acids is 1. The molecule has 4 rings (SSSR count). The number of morpholine rings is 1. The molecule has 2 aromatic rings. The Morgan fingerprint density at radius 2 is 2.17 bits per heavy atom. The van der Waals surface area contributed by atoms with Crippen LogP contribution in [-0.4, -0.2) is 54.1 Å². The fourth-order valence-corrected chi connectivity index (χ4v) is 4.43. The third-order valence-electron chi connectivity index (χ3n) is 4.77. The van der Waals surface area contributed by atoms with Crippen LogP contribution in [0.3, 0.4) is 0 Å². The van der Waals surface area contributed by atoms with E-state index >= 15 is 0 Å². The topological polar surface area (TPSA) is 96.1 Å². The van der Waals surface area contributed by atoms with Gasteiger partial charge in [-0.05, 0) is 18.6 Å². The number of carbonyl (C=O) groups is 1. The Morgan fingerprint density at radius 1 is 1.38 bits per heavy atom. The standard InChI is InChI=1S/C19H21ClN6O2S/c1-12-3-2-4-13(20)15(12)26-6-5-22-17(18(26)25-7-9-28-10-8-25)24-19-23-11-14(29-19)16(21)27/h2-6,11,18H,7-10H2,1H3,(H2,21,27)(H,22,23,24).